The number of nitrogens with zero attached hydrogens (tertiary/aromatic N) is 2. The van der Waals surface area contributed by atoms with Gasteiger partial charge < -0.3 is 9.80 Å². The standard InChI is InChI=1S/C20H24N2O2S/c1-2-9-21(12-16-8-10-25-15-16)20(24)14-22-13-18(11-19(22)23)17-6-4-3-5-7-17/h3-8,10,15,18H,2,9,11-14H2,1H3. The van der Waals surface area contributed by atoms with Crippen molar-refractivity contribution in [2.24, 2.45) is 0 Å². The van der Waals surface area contributed by atoms with Crippen LogP contribution < -0.4 is 0 Å². The molecule has 1 atom stereocenters. The molecule has 0 saturated carbocycles. The van der Waals surface area contributed by atoms with Crippen LogP contribution in [0.4, 0.5) is 0 Å². The lowest BCUT2D eigenvalue weighted by molar-refractivity contribution is -0.138. The van der Waals surface area contributed by atoms with E-state index in [9.17, 15) is 9.59 Å². The highest BCUT2D eigenvalue weighted by Gasteiger charge is 2.32. The van der Waals surface area contributed by atoms with E-state index in [1.54, 1.807) is 16.2 Å². The smallest absolute Gasteiger partial charge is 0.242 e. The van der Waals surface area contributed by atoms with Gasteiger partial charge in [-0.15, -0.1) is 0 Å². The summed E-state index contributed by atoms with van der Waals surface area (Å²) in [6, 6.07) is 12.1. The fourth-order valence-electron chi connectivity index (χ4n) is 3.30. The van der Waals surface area contributed by atoms with Crippen molar-refractivity contribution < 1.29 is 9.59 Å². The summed E-state index contributed by atoms with van der Waals surface area (Å²) in [5, 5.41) is 4.10. The molecule has 1 aliphatic rings. The molecule has 0 radical (unpaired) electrons. The van der Waals surface area contributed by atoms with Crippen LogP contribution in [0.3, 0.4) is 0 Å². The van der Waals surface area contributed by atoms with Gasteiger partial charge in [-0.3, -0.25) is 9.59 Å². The molecule has 2 aromatic rings. The number of likely N-dealkylation sites (tertiary alicyclic amines) is 1. The topological polar surface area (TPSA) is 40.6 Å². The van der Waals surface area contributed by atoms with Crippen LogP contribution in [0, 0.1) is 0 Å². The van der Waals surface area contributed by atoms with Gasteiger partial charge in [0.25, 0.3) is 0 Å². The van der Waals surface area contributed by atoms with Crippen LogP contribution in [0.2, 0.25) is 0 Å². The Hall–Kier alpha value is -2.14. The first kappa shape index (κ1) is 17.7. The molecule has 2 heterocycles. The summed E-state index contributed by atoms with van der Waals surface area (Å²) in [6.45, 7) is 4.23. The zero-order chi connectivity index (χ0) is 17.6. The quantitative estimate of drug-likeness (QED) is 0.762. The average molecular weight is 356 g/mol. The Bertz CT molecular complexity index is 700. The normalized spacial score (nSPS) is 17.1. The first-order chi connectivity index (χ1) is 12.2. The van der Waals surface area contributed by atoms with E-state index in [-0.39, 0.29) is 24.3 Å². The first-order valence-corrected chi connectivity index (χ1v) is 9.73. The molecule has 1 aromatic carbocycles. The van der Waals surface area contributed by atoms with E-state index in [1.165, 1.54) is 5.56 Å². The van der Waals surface area contributed by atoms with Crippen molar-refractivity contribution in [1.29, 1.82) is 0 Å². The summed E-state index contributed by atoms with van der Waals surface area (Å²) in [5.41, 5.74) is 2.33. The zero-order valence-electron chi connectivity index (χ0n) is 14.6. The second-order valence-corrected chi connectivity index (χ2v) is 7.31. The van der Waals surface area contributed by atoms with Crippen molar-refractivity contribution in [2.75, 3.05) is 19.6 Å². The van der Waals surface area contributed by atoms with Crippen LogP contribution >= 0.6 is 11.3 Å². The predicted molar refractivity (Wildman–Crippen MR) is 100 cm³/mol. The van der Waals surface area contributed by atoms with E-state index in [4.69, 9.17) is 0 Å². The second-order valence-electron chi connectivity index (χ2n) is 6.53. The number of rotatable bonds is 7. The maximum Gasteiger partial charge on any atom is 0.242 e. The molecule has 0 aliphatic carbocycles. The monoisotopic (exact) mass is 356 g/mol. The molecule has 132 valence electrons. The van der Waals surface area contributed by atoms with Crippen molar-refractivity contribution >= 4 is 23.2 Å². The summed E-state index contributed by atoms with van der Waals surface area (Å²) in [7, 11) is 0. The summed E-state index contributed by atoms with van der Waals surface area (Å²) >= 11 is 1.64. The Morgan fingerprint density at radius 1 is 1.28 bits per heavy atom. The lowest BCUT2D eigenvalue weighted by atomic mass is 9.99. The molecular weight excluding hydrogens is 332 g/mol. The fourth-order valence-corrected chi connectivity index (χ4v) is 3.96. The third kappa shape index (κ3) is 4.48. The van der Waals surface area contributed by atoms with E-state index in [2.05, 4.69) is 24.4 Å². The van der Waals surface area contributed by atoms with Crippen molar-refractivity contribution in [3.63, 3.8) is 0 Å². The van der Waals surface area contributed by atoms with Gasteiger partial charge in [0.15, 0.2) is 0 Å². The van der Waals surface area contributed by atoms with Crippen LogP contribution in [-0.2, 0) is 16.1 Å². The van der Waals surface area contributed by atoms with Gasteiger partial charge >= 0.3 is 0 Å². The van der Waals surface area contributed by atoms with Gasteiger partial charge in [0, 0.05) is 32.0 Å². The molecule has 1 fully saturated rings. The molecule has 5 heteroatoms. The molecule has 1 aromatic heterocycles. The highest BCUT2D eigenvalue weighted by molar-refractivity contribution is 7.07. The van der Waals surface area contributed by atoms with Crippen molar-refractivity contribution in [3.05, 3.63) is 58.3 Å². The molecule has 25 heavy (non-hydrogen) atoms. The Kier molecular flexibility index (Phi) is 5.87. The number of benzene rings is 1. The van der Waals surface area contributed by atoms with Crippen molar-refractivity contribution in [3.8, 4) is 0 Å². The van der Waals surface area contributed by atoms with Gasteiger partial charge in [-0.05, 0) is 34.4 Å². The van der Waals surface area contributed by atoms with E-state index >= 15 is 0 Å². The molecule has 4 nitrogen and oxygen atoms in total. The third-order valence-electron chi connectivity index (χ3n) is 4.61. The van der Waals surface area contributed by atoms with Gasteiger partial charge in [0.2, 0.25) is 11.8 Å². The Morgan fingerprint density at radius 2 is 2.08 bits per heavy atom. The van der Waals surface area contributed by atoms with Crippen molar-refractivity contribution in [1.82, 2.24) is 9.80 Å². The number of carbonyl (C=O) groups excluding carboxylic acids is 2. The largest absolute Gasteiger partial charge is 0.337 e. The van der Waals surface area contributed by atoms with Crippen LogP contribution in [0.25, 0.3) is 0 Å². The highest BCUT2D eigenvalue weighted by Crippen LogP contribution is 2.27. The summed E-state index contributed by atoms with van der Waals surface area (Å²) < 4.78 is 0. The number of carbonyl (C=O) groups is 2. The zero-order valence-corrected chi connectivity index (χ0v) is 15.4. The molecule has 1 aliphatic heterocycles. The first-order valence-electron chi connectivity index (χ1n) is 8.79. The van der Waals surface area contributed by atoms with Gasteiger partial charge in [0.1, 0.15) is 0 Å². The molecule has 2 amide bonds. The molecule has 0 N–H and O–H groups in total. The number of amides is 2. The maximum atomic E-state index is 12.7. The minimum absolute atomic E-state index is 0.0371. The Balaban J connectivity index is 1.61. The fraction of sp³-hybridized carbons (Fsp3) is 0.400. The van der Waals surface area contributed by atoms with Crippen LogP contribution in [0.15, 0.2) is 47.2 Å². The number of hydrogen-bond acceptors (Lipinski definition) is 3. The van der Waals surface area contributed by atoms with Gasteiger partial charge in [-0.25, -0.2) is 0 Å². The van der Waals surface area contributed by atoms with Crippen LogP contribution in [-0.4, -0.2) is 41.2 Å². The molecule has 0 bridgehead atoms. The lowest BCUT2D eigenvalue weighted by Crippen LogP contribution is -2.41. The summed E-state index contributed by atoms with van der Waals surface area (Å²) in [5.74, 6) is 0.308. The minimum Gasteiger partial charge on any atom is -0.337 e. The third-order valence-corrected chi connectivity index (χ3v) is 5.34. The van der Waals surface area contributed by atoms with Gasteiger partial charge in [0.05, 0.1) is 6.54 Å². The molecule has 1 unspecified atom stereocenters. The van der Waals surface area contributed by atoms with Crippen LogP contribution in [0.5, 0.6) is 0 Å². The minimum atomic E-state index is 0.0371. The Morgan fingerprint density at radius 3 is 2.76 bits per heavy atom. The molecule has 0 spiro atoms. The SMILES string of the molecule is CCCN(Cc1ccsc1)C(=O)CN1CC(c2ccccc2)CC1=O. The second kappa shape index (κ2) is 8.30. The number of thiophene rings is 1. The Labute approximate surface area is 153 Å². The van der Waals surface area contributed by atoms with E-state index < -0.39 is 0 Å². The van der Waals surface area contributed by atoms with Crippen molar-refractivity contribution in [2.45, 2.75) is 32.2 Å². The maximum absolute atomic E-state index is 12.7. The molecule has 3 rings (SSSR count). The molecule has 1 saturated heterocycles. The van der Waals surface area contributed by atoms with Gasteiger partial charge in [-0.1, -0.05) is 37.3 Å². The summed E-state index contributed by atoms with van der Waals surface area (Å²) in [4.78, 5) is 28.7. The summed E-state index contributed by atoms with van der Waals surface area (Å²) in [6.07, 6.45) is 1.41. The molecular formula is C20H24N2O2S. The highest BCUT2D eigenvalue weighted by atomic mass is 32.1. The van der Waals surface area contributed by atoms with E-state index in [0.29, 0.717) is 19.5 Å². The average Bonchev–Trinajstić information content (AvgIpc) is 3.25. The predicted octanol–water partition coefficient (Wildman–Crippen LogP) is 3.50. The lowest BCUT2D eigenvalue weighted by Gasteiger charge is -2.25. The van der Waals surface area contributed by atoms with Crippen LogP contribution in [0.1, 0.15) is 36.8 Å². The van der Waals surface area contributed by atoms with E-state index in [0.717, 1.165) is 18.5 Å². The van der Waals surface area contributed by atoms with E-state index in [1.807, 2.05) is 34.5 Å². The number of hydrogen-bond donors (Lipinski definition) is 0. The van der Waals surface area contributed by atoms with Gasteiger partial charge in [-0.2, -0.15) is 11.3 Å².